The number of Topliss-reactive ketones (excluding diaryl/α,β-unsaturated/α-hetero) is 1. The van der Waals surface area contributed by atoms with Gasteiger partial charge in [-0.1, -0.05) is 6.07 Å². The van der Waals surface area contributed by atoms with E-state index in [2.05, 4.69) is 0 Å². The SMILES string of the molecule is Cc1cc(C)c(C(=O)COC(=O)[C@H]2CS[C@]3(C)CCC(=O)N23)cc1C. The summed E-state index contributed by atoms with van der Waals surface area (Å²) in [5.41, 5.74) is 3.62. The number of rotatable bonds is 4. The number of carbonyl (C=O) groups excluding carboxylic acids is 3. The van der Waals surface area contributed by atoms with Gasteiger partial charge in [0.25, 0.3) is 0 Å². The highest BCUT2D eigenvalue weighted by molar-refractivity contribution is 8.01. The van der Waals surface area contributed by atoms with Gasteiger partial charge in [-0.15, -0.1) is 11.8 Å². The van der Waals surface area contributed by atoms with Gasteiger partial charge in [-0.05, 0) is 56.9 Å². The van der Waals surface area contributed by atoms with Crippen LogP contribution in [0.2, 0.25) is 0 Å². The van der Waals surface area contributed by atoms with E-state index in [4.69, 9.17) is 4.74 Å². The predicted octanol–water partition coefficient (Wildman–Crippen LogP) is 2.79. The molecule has 2 atom stereocenters. The van der Waals surface area contributed by atoms with Crippen molar-refractivity contribution in [2.45, 2.75) is 51.4 Å². The second-order valence-electron chi connectivity index (χ2n) is 7.05. The molecule has 2 aliphatic heterocycles. The van der Waals surface area contributed by atoms with Crippen molar-refractivity contribution >= 4 is 29.4 Å². The van der Waals surface area contributed by atoms with Crippen LogP contribution >= 0.6 is 11.8 Å². The number of fused-ring (bicyclic) bond motifs is 1. The van der Waals surface area contributed by atoms with Crippen molar-refractivity contribution < 1.29 is 19.1 Å². The molecule has 134 valence electrons. The van der Waals surface area contributed by atoms with Crippen LogP contribution in [0.5, 0.6) is 0 Å². The minimum Gasteiger partial charge on any atom is -0.456 e. The summed E-state index contributed by atoms with van der Waals surface area (Å²) in [6.07, 6.45) is 1.22. The van der Waals surface area contributed by atoms with Crippen LogP contribution < -0.4 is 0 Å². The number of aryl methyl sites for hydroxylation is 3. The second kappa shape index (κ2) is 6.48. The van der Waals surface area contributed by atoms with E-state index in [1.54, 1.807) is 16.7 Å². The monoisotopic (exact) mass is 361 g/mol. The van der Waals surface area contributed by atoms with Gasteiger partial charge in [0.05, 0.1) is 4.87 Å². The maximum Gasteiger partial charge on any atom is 0.330 e. The molecule has 6 heteroatoms. The van der Waals surface area contributed by atoms with Crippen molar-refractivity contribution in [1.82, 2.24) is 4.90 Å². The van der Waals surface area contributed by atoms with Crippen LogP contribution in [0.25, 0.3) is 0 Å². The van der Waals surface area contributed by atoms with E-state index in [-0.39, 0.29) is 23.2 Å². The molecule has 1 aromatic carbocycles. The fraction of sp³-hybridized carbons (Fsp3) is 0.526. The second-order valence-corrected chi connectivity index (χ2v) is 8.55. The molecule has 0 aliphatic carbocycles. The Kier molecular flexibility index (Phi) is 4.66. The molecule has 0 bridgehead atoms. The topological polar surface area (TPSA) is 63.7 Å². The van der Waals surface area contributed by atoms with Gasteiger partial charge in [-0.25, -0.2) is 4.79 Å². The van der Waals surface area contributed by atoms with E-state index < -0.39 is 12.0 Å². The molecular weight excluding hydrogens is 338 g/mol. The lowest BCUT2D eigenvalue weighted by molar-refractivity contribution is -0.152. The van der Waals surface area contributed by atoms with Gasteiger partial charge in [-0.3, -0.25) is 9.59 Å². The standard InChI is InChI=1S/C19H23NO4S/c1-11-7-13(3)14(8-12(11)2)16(21)9-24-18(23)15-10-25-19(4)6-5-17(22)20(15)19/h7-8,15H,5-6,9-10H2,1-4H3/t15-,19-/m1/s1. The van der Waals surface area contributed by atoms with E-state index >= 15 is 0 Å². The fourth-order valence-electron chi connectivity index (χ4n) is 3.57. The van der Waals surface area contributed by atoms with Gasteiger partial charge in [0.2, 0.25) is 11.7 Å². The number of ketones is 1. The minimum atomic E-state index is -0.585. The van der Waals surface area contributed by atoms with Crippen LogP contribution in [-0.2, 0) is 14.3 Å². The summed E-state index contributed by atoms with van der Waals surface area (Å²) >= 11 is 1.61. The molecule has 2 fully saturated rings. The Morgan fingerprint density at radius 3 is 2.64 bits per heavy atom. The normalized spacial score (nSPS) is 25.2. The summed E-state index contributed by atoms with van der Waals surface area (Å²) in [6.45, 7) is 7.52. The number of hydrogen-bond donors (Lipinski definition) is 0. The summed E-state index contributed by atoms with van der Waals surface area (Å²) in [5, 5.41) is 0. The Labute approximate surface area is 152 Å². The molecule has 3 rings (SSSR count). The molecule has 0 unspecified atom stereocenters. The highest BCUT2D eigenvalue weighted by atomic mass is 32.2. The Morgan fingerprint density at radius 2 is 1.92 bits per heavy atom. The highest BCUT2D eigenvalue weighted by Crippen LogP contribution is 2.47. The van der Waals surface area contributed by atoms with E-state index in [1.165, 1.54) is 0 Å². The number of esters is 1. The molecule has 0 spiro atoms. The van der Waals surface area contributed by atoms with Gasteiger partial charge >= 0.3 is 5.97 Å². The van der Waals surface area contributed by atoms with Crippen LogP contribution in [0.1, 0.15) is 46.8 Å². The average molecular weight is 361 g/mol. The average Bonchev–Trinajstić information content (AvgIpc) is 3.05. The number of thioether (sulfide) groups is 1. The van der Waals surface area contributed by atoms with Gasteiger partial charge in [0.15, 0.2) is 6.61 Å². The lowest BCUT2D eigenvalue weighted by Crippen LogP contribution is -2.46. The van der Waals surface area contributed by atoms with Crippen LogP contribution in [0.15, 0.2) is 12.1 Å². The number of benzene rings is 1. The molecule has 25 heavy (non-hydrogen) atoms. The molecule has 2 heterocycles. The first-order chi connectivity index (χ1) is 11.7. The maximum absolute atomic E-state index is 12.4. The van der Waals surface area contributed by atoms with Crippen LogP contribution in [-0.4, -0.2) is 45.8 Å². The van der Waals surface area contributed by atoms with Crippen molar-refractivity contribution in [3.8, 4) is 0 Å². The van der Waals surface area contributed by atoms with Crippen LogP contribution in [0.3, 0.4) is 0 Å². The van der Waals surface area contributed by atoms with Crippen LogP contribution in [0, 0.1) is 20.8 Å². The van der Waals surface area contributed by atoms with Crippen LogP contribution in [0.4, 0.5) is 0 Å². The van der Waals surface area contributed by atoms with Crippen molar-refractivity contribution in [3.05, 3.63) is 34.4 Å². The van der Waals surface area contributed by atoms with Gasteiger partial charge in [0, 0.05) is 17.7 Å². The number of ether oxygens (including phenoxy) is 1. The zero-order valence-electron chi connectivity index (χ0n) is 15.0. The molecule has 5 nitrogen and oxygen atoms in total. The minimum absolute atomic E-state index is 0.00854. The third-order valence-electron chi connectivity index (χ3n) is 5.20. The third kappa shape index (κ3) is 3.19. The molecular formula is C19H23NO4S. The first kappa shape index (κ1) is 18.0. The Morgan fingerprint density at radius 1 is 1.24 bits per heavy atom. The summed E-state index contributed by atoms with van der Waals surface area (Å²) in [7, 11) is 0. The number of hydrogen-bond acceptors (Lipinski definition) is 5. The molecule has 2 aliphatic rings. The Hall–Kier alpha value is -1.82. The number of nitrogens with zero attached hydrogens (tertiary/aromatic N) is 1. The first-order valence-corrected chi connectivity index (χ1v) is 9.45. The zero-order valence-corrected chi connectivity index (χ0v) is 15.9. The highest BCUT2D eigenvalue weighted by Gasteiger charge is 2.53. The van der Waals surface area contributed by atoms with Crippen molar-refractivity contribution in [3.63, 3.8) is 0 Å². The molecule has 0 saturated carbocycles. The third-order valence-corrected chi connectivity index (χ3v) is 6.71. The number of carbonyl (C=O) groups is 3. The predicted molar refractivity (Wildman–Crippen MR) is 96.7 cm³/mol. The van der Waals surface area contributed by atoms with E-state index in [0.717, 1.165) is 23.1 Å². The summed E-state index contributed by atoms with van der Waals surface area (Å²) in [6, 6.07) is 3.22. The molecule has 0 N–H and O–H groups in total. The van der Waals surface area contributed by atoms with E-state index in [1.807, 2.05) is 39.8 Å². The first-order valence-electron chi connectivity index (χ1n) is 8.47. The van der Waals surface area contributed by atoms with Gasteiger partial charge in [0.1, 0.15) is 6.04 Å². The smallest absolute Gasteiger partial charge is 0.330 e. The number of amides is 1. The van der Waals surface area contributed by atoms with Crippen molar-refractivity contribution in [2.24, 2.45) is 0 Å². The fourth-order valence-corrected chi connectivity index (χ4v) is 4.98. The summed E-state index contributed by atoms with van der Waals surface area (Å²) in [4.78, 5) is 38.3. The summed E-state index contributed by atoms with van der Waals surface area (Å²) < 4.78 is 5.27. The lowest BCUT2D eigenvalue weighted by atomic mass is 9.98. The Balaban J connectivity index is 1.66. The van der Waals surface area contributed by atoms with E-state index in [9.17, 15) is 14.4 Å². The van der Waals surface area contributed by atoms with Gasteiger partial charge < -0.3 is 9.64 Å². The van der Waals surface area contributed by atoms with Crippen molar-refractivity contribution in [2.75, 3.05) is 12.4 Å². The zero-order chi connectivity index (χ0) is 18.4. The van der Waals surface area contributed by atoms with E-state index in [0.29, 0.717) is 17.7 Å². The molecule has 1 aromatic rings. The molecule has 0 aromatic heterocycles. The van der Waals surface area contributed by atoms with Gasteiger partial charge in [-0.2, -0.15) is 0 Å². The molecule has 1 amide bonds. The summed E-state index contributed by atoms with van der Waals surface area (Å²) in [5.74, 6) is -0.181. The molecule has 0 radical (unpaired) electrons. The lowest BCUT2D eigenvalue weighted by Gasteiger charge is -2.29. The largest absolute Gasteiger partial charge is 0.456 e. The molecule has 2 saturated heterocycles. The Bertz CT molecular complexity index is 760. The maximum atomic E-state index is 12.4. The van der Waals surface area contributed by atoms with Crippen molar-refractivity contribution in [1.29, 1.82) is 0 Å². The quantitative estimate of drug-likeness (QED) is 0.609.